The number of carbonyl (C=O) groups is 1. The minimum absolute atomic E-state index is 0.0322. The van der Waals surface area contributed by atoms with Crippen molar-refractivity contribution in [2.24, 2.45) is 11.8 Å². The van der Waals surface area contributed by atoms with Gasteiger partial charge in [0, 0.05) is 19.7 Å². The van der Waals surface area contributed by atoms with E-state index in [1.54, 1.807) is 4.90 Å². The van der Waals surface area contributed by atoms with Gasteiger partial charge in [0.2, 0.25) is 5.91 Å². The number of alkyl halides is 2. The number of amides is 1. The maximum absolute atomic E-state index is 14.1. The molecule has 2 heterocycles. The van der Waals surface area contributed by atoms with Crippen LogP contribution >= 0.6 is 11.6 Å². The number of methoxy groups -OCH3 is 1. The lowest BCUT2D eigenvalue weighted by Gasteiger charge is -2.37. The van der Waals surface area contributed by atoms with E-state index in [-0.39, 0.29) is 24.4 Å². The molecule has 2 saturated heterocycles. The summed E-state index contributed by atoms with van der Waals surface area (Å²) in [6.45, 7) is 0.643. The monoisotopic (exact) mass is 347 g/mol. The fourth-order valence-electron chi connectivity index (χ4n) is 4.28. The first-order valence-electron chi connectivity index (χ1n) is 8.72. The van der Waals surface area contributed by atoms with Gasteiger partial charge < -0.3 is 9.64 Å². The zero-order valence-electron chi connectivity index (χ0n) is 13.6. The first-order valence-corrected chi connectivity index (χ1v) is 9.16. The van der Waals surface area contributed by atoms with Gasteiger partial charge in [0.05, 0.1) is 18.6 Å². The lowest BCUT2D eigenvalue weighted by molar-refractivity contribution is -0.141. The second kappa shape index (κ2) is 7.64. The summed E-state index contributed by atoms with van der Waals surface area (Å²) in [4.78, 5) is 14.6. The number of likely N-dealkylation sites (tertiary alicyclic amines) is 1. The van der Waals surface area contributed by atoms with Gasteiger partial charge in [-0.2, -0.15) is 0 Å². The van der Waals surface area contributed by atoms with Crippen molar-refractivity contribution in [2.45, 2.75) is 62.3 Å². The lowest BCUT2D eigenvalue weighted by atomic mass is 9.79. The van der Waals surface area contributed by atoms with Crippen molar-refractivity contribution in [3.05, 3.63) is 0 Å². The molecule has 132 valence electrons. The van der Waals surface area contributed by atoms with Crippen molar-refractivity contribution in [3.63, 3.8) is 0 Å². The summed E-state index contributed by atoms with van der Waals surface area (Å²) in [6, 6.07) is 0.0449. The van der Waals surface area contributed by atoms with E-state index in [1.165, 1.54) is 26.4 Å². The summed E-state index contributed by atoms with van der Waals surface area (Å²) in [5, 5.41) is 0. The minimum atomic E-state index is -1.12. The SMILES string of the molecule is CO[C@H]1CCN(C(=O)C2C(Cl)NNC2C2CCCCC2)C[C@H]1F. The second-order valence-electron chi connectivity index (χ2n) is 7.00. The van der Waals surface area contributed by atoms with Crippen LogP contribution in [0.4, 0.5) is 4.39 Å². The Morgan fingerprint density at radius 3 is 2.61 bits per heavy atom. The van der Waals surface area contributed by atoms with E-state index < -0.39 is 17.8 Å². The van der Waals surface area contributed by atoms with E-state index in [0.29, 0.717) is 18.9 Å². The number of piperidine rings is 1. The van der Waals surface area contributed by atoms with Crippen molar-refractivity contribution in [1.82, 2.24) is 15.8 Å². The van der Waals surface area contributed by atoms with Gasteiger partial charge in [0.15, 0.2) is 0 Å². The molecule has 1 saturated carbocycles. The van der Waals surface area contributed by atoms with E-state index in [4.69, 9.17) is 16.3 Å². The molecule has 0 radical (unpaired) electrons. The lowest BCUT2D eigenvalue weighted by Crippen LogP contribution is -2.53. The normalized spacial score (nSPS) is 39.6. The molecular formula is C16H27ClFN3O2. The molecule has 5 atom stereocenters. The highest BCUT2D eigenvalue weighted by Crippen LogP contribution is 2.34. The molecule has 2 N–H and O–H groups in total. The van der Waals surface area contributed by atoms with E-state index in [0.717, 1.165) is 12.8 Å². The van der Waals surface area contributed by atoms with E-state index >= 15 is 0 Å². The summed E-state index contributed by atoms with van der Waals surface area (Å²) >= 11 is 6.36. The van der Waals surface area contributed by atoms with E-state index in [9.17, 15) is 9.18 Å². The topological polar surface area (TPSA) is 53.6 Å². The molecule has 23 heavy (non-hydrogen) atoms. The van der Waals surface area contributed by atoms with Crippen LogP contribution in [0.3, 0.4) is 0 Å². The highest BCUT2D eigenvalue weighted by Gasteiger charge is 2.46. The largest absolute Gasteiger partial charge is 0.378 e. The molecule has 3 aliphatic rings. The summed E-state index contributed by atoms with van der Waals surface area (Å²) in [6.07, 6.45) is 4.97. The van der Waals surface area contributed by atoms with Crippen molar-refractivity contribution >= 4 is 17.5 Å². The van der Waals surface area contributed by atoms with Crippen LogP contribution in [0, 0.1) is 11.8 Å². The molecule has 3 rings (SSSR count). The van der Waals surface area contributed by atoms with Crippen molar-refractivity contribution in [2.75, 3.05) is 20.2 Å². The first-order chi connectivity index (χ1) is 11.1. The molecule has 0 aromatic heterocycles. The third-order valence-electron chi connectivity index (χ3n) is 5.63. The van der Waals surface area contributed by atoms with Gasteiger partial charge in [0.25, 0.3) is 0 Å². The number of ether oxygens (including phenoxy) is 1. The molecule has 2 aliphatic heterocycles. The number of hydrogen-bond acceptors (Lipinski definition) is 4. The van der Waals surface area contributed by atoms with Crippen LogP contribution < -0.4 is 10.9 Å². The van der Waals surface area contributed by atoms with Crippen LogP contribution in [-0.2, 0) is 9.53 Å². The van der Waals surface area contributed by atoms with Crippen molar-refractivity contribution < 1.29 is 13.9 Å². The maximum atomic E-state index is 14.1. The predicted molar refractivity (Wildman–Crippen MR) is 86.7 cm³/mol. The average molecular weight is 348 g/mol. The molecule has 1 aliphatic carbocycles. The summed E-state index contributed by atoms with van der Waals surface area (Å²) < 4.78 is 19.2. The number of rotatable bonds is 3. The Bertz CT molecular complexity index is 422. The number of halogens is 2. The fraction of sp³-hybridized carbons (Fsp3) is 0.938. The Labute approximate surface area is 142 Å². The van der Waals surface area contributed by atoms with Gasteiger partial charge >= 0.3 is 0 Å². The number of nitrogens with one attached hydrogen (secondary N) is 2. The van der Waals surface area contributed by atoms with Crippen LogP contribution in [0.15, 0.2) is 0 Å². The van der Waals surface area contributed by atoms with Crippen LogP contribution in [0.2, 0.25) is 0 Å². The molecule has 1 amide bonds. The average Bonchev–Trinajstić information content (AvgIpc) is 2.96. The van der Waals surface area contributed by atoms with Crippen LogP contribution in [0.1, 0.15) is 38.5 Å². The van der Waals surface area contributed by atoms with Gasteiger partial charge in [-0.3, -0.25) is 10.2 Å². The van der Waals surface area contributed by atoms with Gasteiger partial charge in [-0.15, -0.1) is 11.6 Å². The zero-order chi connectivity index (χ0) is 16.4. The summed E-state index contributed by atoms with van der Waals surface area (Å²) in [5.41, 5.74) is 5.81. The van der Waals surface area contributed by atoms with Gasteiger partial charge in [-0.1, -0.05) is 19.3 Å². The minimum Gasteiger partial charge on any atom is -0.378 e. The Kier molecular flexibility index (Phi) is 5.78. The molecular weight excluding hydrogens is 321 g/mol. The third kappa shape index (κ3) is 3.65. The quantitative estimate of drug-likeness (QED) is 0.604. The number of nitrogens with zero attached hydrogens (tertiary/aromatic N) is 1. The number of hydrazine groups is 1. The van der Waals surface area contributed by atoms with E-state index in [2.05, 4.69) is 10.9 Å². The van der Waals surface area contributed by atoms with Crippen LogP contribution in [0.5, 0.6) is 0 Å². The molecule has 0 aromatic rings. The molecule has 3 unspecified atom stereocenters. The Morgan fingerprint density at radius 2 is 1.96 bits per heavy atom. The number of hydrogen-bond donors (Lipinski definition) is 2. The predicted octanol–water partition coefficient (Wildman–Crippen LogP) is 1.81. The zero-order valence-corrected chi connectivity index (χ0v) is 14.4. The van der Waals surface area contributed by atoms with Gasteiger partial charge in [-0.05, 0) is 25.2 Å². The molecule has 0 bridgehead atoms. The molecule has 0 aromatic carbocycles. The molecule has 5 nitrogen and oxygen atoms in total. The summed E-state index contributed by atoms with van der Waals surface area (Å²) in [5.74, 6) is 0.105. The Morgan fingerprint density at radius 1 is 1.22 bits per heavy atom. The van der Waals surface area contributed by atoms with Gasteiger partial charge in [-0.25, -0.2) is 9.82 Å². The Hall–Kier alpha value is -0.430. The van der Waals surface area contributed by atoms with Crippen LogP contribution in [-0.4, -0.2) is 54.8 Å². The summed E-state index contributed by atoms with van der Waals surface area (Å²) in [7, 11) is 1.52. The van der Waals surface area contributed by atoms with E-state index in [1.807, 2.05) is 0 Å². The smallest absolute Gasteiger partial charge is 0.230 e. The van der Waals surface area contributed by atoms with Gasteiger partial charge in [0.1, 0.15) is 11.7 Å². The Balaban J connectivity index is 1.66. The standard InChI is InChI=1S/C16H27ClFN3O2/c1-23-12-7-8-21(9-11(12)18)16(22)13-14(19-20-15(13)17)10-5-3-2-4-6-10/h10-15,19-20H,2-9H2,1H3/t11-,12+,13?,14?,15?/m1/s1. The highest BCUT2D eigenvalue weighted by atomic mass is 35.5. The van der Waals surface area contributed by atoms with Crippen molar-refractivity contribution in [1.29, 1.82) is 0 Å². The number of carbonyl (C=O) groups excluding carboxylic acids is 1. The molecule has 7 heteroatoms. The molecule has 3 fully saturated rings. The highest BCUT2D eigenvalue weighted by molar-refractivity contribution is 6.22. The third-order valence-corrected chi connectivity index (χ3v) is 6.01. The fourth-order valence-corrected chi connectivity index (χ4v) is 4.61. The maximum Gasteiger partial charge on any atom is 0.230 e. The molecule has 0 spiro atoms. The second-order valence-corrected chi connectivity index (χ2v) is 7.47. The first kappa shape index (κ1) is 17.4. The van der Waals surface area contributed by atoms with Crippen LogP contribution in [0.25, 0.3) is 0 Å². The van der Waals surface area contributed by atoms with Crippen molar-refractivity contribution in [3.8, 4) is 0 Å².